The van der Waals surface area contributed by atoms with Gasteiger partial charge in [-0.2, -0.15) is 0 Å². The first-order chi connectivity index (χ1) is 20.4. The minimum Gasteiger partial charge on any atom is -0.489 e. The third-order valence-corrected chi connectivity index (χ3v) is 8.53. The van der Waals surface area contributed by atoms with Gasteiger partial charge in [0.1, 0.15) is 18.5 Å². The lowest BCUT2D eigenvalue weighted by Gasteiger charge is -2.44. The van der Waals surface area contributed by atoms with Gasteiger partial charge in [-0.25, -0.2) is 4.79 Å². The minimum atomic E-state index is -0.865. The van der Waals surface area contributed by atoms with Crippen LogP contribution in [-0.4, -0.2) is 71.7 Å². The molecule has 2 amide bonds. The third-order valence-electron chi connectivity index (χ3n) is 8.53. The van der Waals surface area contributed by atoms with Crippen molar-refractivity contribution in [3.63, 3.8) is 0 Å². The van der Waals surface area contributed by atoms with Gasteiger partial charge < -0.3 is 19.5 Å². The van der Waals surface area contributed by atoms with Crippen LogP contribution in [0, 0.1) is 11.8 Å². The first kappa shape index (κ1) is 27.8. The van der Waals surface area contributed by atoms with Gasteiger partial charge in [0.2, 0.25) is 0 Å². The second-order valence-electron chi connectivity index (χ2n) is 11.4. The molecule has 9 heteroatoms. The lowest BCUT2D eigenvalue weighted by Crippen LogP contribution is -2.53. The van der Waals surface area contributed by atoms with Crippen molar-refractivity contribution in [2.75, 3.05) is 37.6 Å². The summed E-state index contributed by atoms with van der Waals surface area (Å²) in [7, 11) is 0. The molecule has 0 aliphatic carbocycles. The van der Waals surface area contributed by atoms with E-state index in [2.05, 4.69) is 4.90 Å². The summed E-state index contributed by atoms with van der Waals surface area (Å²) in [6.45, 7) is 4.21. The molecule has 0 radical (unpaired) electrons. The van der Waals surface area contributed by atoms with Gasteiger partial charge in [0.25, 0.3) is 5.91 Å². The van der Waals surface area contributed by atoms with E-state index in [4.69, 9.17) is 14.6 Å². The number of ether oxygens (including phenoxy) is 2. The lowest BCUT2D eigenvalue weighted by molar-refractivity contribution is -0.146. The summed E-state index contributed by atoms with van der Waals surface area (Å²) in [6.07, 6.45) is 1.79. The molecule has 4 saturated heterocycles. The molecule has 0 unspecified atom stereocenters. The van der Waals surface area contributed by atoms with Crippen LogP contribution in [0.15, 0.2) is 78.9 Å². The number of aliphatic carboxylic acids is 1. The van der Waals surface area contributed by atoms with Crippen molar-refractivity contribution in [1.82, 2.24) is 9.80 Å². The number of fused-ring (bicyclic) bond motifs is 3. The van der Waals surface area contributed by atoms with Crippen LogP contribution in [0.1, 0.15) is 34.3 Å². The van der Waals surface area contributed by atoms with E-state index in [-0.39, 0.29) is 31.2 Å². The van der Waals surface area contributed by atoms with Gasteiger partial charge in [-0.05, 0) is 79.4 Å². The van der Waals surface area contributed by atoms with E-state index in [0.29, 0.717) is 30.4 Å². The number of rotatable bonds is 9. The zero-order chi connectivity index (χ0) is 29.1. The molecule has 7 rings (SSSR count). The van der Waals surface area contributed by atoms with Gasteiger partial charge in [0, 0.05) is 30.9 Å². The number of anilines is 1. The van der Waals surface area contributed by atoms with Crippen LogP contribution in [0.2, 0.25) is 0 Å². The monoisotopic (exact) mass is 569 g/mol. The van der Waals surface area contributed by atoms with Crippen LogP contribution < -0.4 is 9.64 Å². The number of amides is 2. The maximum atomic E-state index is 13.4. The maximum Gasteiger partial charge on any atom is 0.414 e. The SMILES string of the molecule is O=C(O)C1CN(C(=O)c2ccc(COc3ccc(CN(C(=O)O[C@H]4CN5CCC4CC5)c4ccccc4)cc3)cc2)C1. The number of carboxylic acids is 1. The molecule has 2 bridgehead atoms. The van der Waals surface area contributed by atoms with Crippen LogP contribution in [0.3, 0.4) is 0 Å². The van der Waals surface area contributed by atoms with E-state index in [1.807, 2.05) is 66.7 Å². The second-order valence-corrected chi connectivity index (χ2v) is 11.4. The Balaban J connectivity index is 1.04. The van der Waals surface area contributed by atoms with Crippen molar-refractivity contribution in [2.24, 2.45) is 11.8 Å². The zero-order valence-corrected chi connectivity index (χ0v) is 23.4. The number of hydrogen-bond donors (Lipinski definition) is 1. The molecular formula is C33H35N3O6. The van der Waals surface area contributed by atoms with E-state index in [1.165, 1.54) is 0 Å². The molecule has 218 valence electrons. The van der Waals surface area contributed by atoms with Gasteiger partial charge in [0.05, 0.1) is 12.5 Å². The van der Waals surface area contributed by atoms with Gasteiger partial charge in [-0.3, -0.25) is 19.4 Å². The Morgan fingerprint density at radius 2 is 1.50 bits per heavy atom. The molecule has 1 atom stereocenters. The lowest BCUT2D eigenvalue weighted by atomic mass is 9.86. The molecule has 1 N–H and O–H groups in total. The highest BCUT2D eigenvalue weighted by atomic mass is 16.6. The summed E-state index contributed by atoms with van der Waals surface area (Å²) in [4.78, 5) is 42.5. The predicted octanol–water partition coefficient (Wildman–Crippen LogP) is 4.66. The van der Waals surface area contributed by atoms with Crippen molar-refractivity contribution in [3.8, 4) is 5.75 Å². The molecule has 4 aliphatic heterocycles. The van der Waals surface area contributed by atoms with E-state index in [1.54, 1.807) is 21.9 Å². The molecule has 4 fully saturated rings. The Morgan fingerprint density at radius 3 is 2.12 bits per heavy atom. The minimum absolute atomic E-state index is 0.0609. The molecular weight excluding hydrogens is 534 g/mol. The molecule has 0 aromatic heterocycles. The number of carboxylic acid groups (broad SMARTS) is 1. The van der Waals surface area contributed by atoms with Crippen molar-refractivity contribution < 1.29 is 29.0 Å². The molecule has 4 heterocycles. The highest BCUT2D eigenvalue weighted by Gasteiger charge is 2.38. The predicted molar refractivity (Wildman–Crippen MR) is 156 cm³/mol. The van der Waals surface area contributed by atoms with Gasteiger partial charge in [-0.15, -0.1) is 0 Å². The molecule has 3 aromatic carbocycles. The quantitative estimate of drug-likeness (QED) is 0.400. The third kappa shape index (κ3) is 6.26. The summed E-state index contributed by atoms with van der Waals surface area (Å²) in [5, 5.41) is 9.01. The van der Waals surface area contributed by atoms with E-state index >= 15 is 0 Å². The number of benzene rings is 3. The van der Waals surface area contributed by atoms with Crippen LogP contribution in [0.5, 0.6) is 5.75 Å². The van der Waals surface area contributed by atoms with Gasteiger partial charge in [0.15, 0.2) is 0 Å². The summed E-state index contributed by atoms with van der Waals surface area (Å²) in [5.74, 6) is -0.363. The standard InChI is InChI=1S/C33H35N3O6/c37-31(35-19-27(20-35)32(38)39)26-10-6-24(7-11-26)22-41-29-12-8-23(9-13-29)18-36(28-4-2-1-3-5-28)33(40)42-30-21-34-16-14-25(30)15-17-34/h1-13,25,27,30H,14-22H2,(H,38,39)/t30-/m0/s1. The Kier molecular flexibility index (Phi) is 8.10. The maximum absolute atomic E-state index is 13.4. The van der Waals surface area contributed by atoms with E-state index in [9.17, 15) is 14.4 Å². The number of likely N-dealkylation sites (tertiary alicyclic amines) is 1. The van der Waals surface area contributed by atoms with Gasteiger partial charge in [-0.1, -0.05) is 42.5 Å². The van der Waals surface area contributed by atoms with Crippen LogP contribution in [-0.2, 0) is 22.7 Å². The van der Waals surface area contributed by atoms with E-state index < -0.39 is 11.9 Å². The number of carbonyl (C=O) groups excluding carboxylic acids is 2. The fourth-order valence-electron chi connectivity index (χ4n) is 5.87. The van der Waals surface area contributed by atoms with Crippen molar-refractivity contribution in [2.45, 2.75) is 32.1 Å². The topological polar surface area (TPSA) is 99.6 Å². The fourth-order valence-corrected chi connectivity index (χ4v) is 5.87. The number of carbonyl (C=O) groups is 3. The second kappa shape index (κ2) is 12.2. The Labute approximate surface area is 245 Å². The first-order valence-electron chi connectivity index (χ1n) is 14.5. The molecule has 42 heavy (non-hydrogen) atoms. The Morgan fingerprint density at radius 1 is 0.833 bits per heavy atom. The average molecular weight is 570 g/mol. The number of piperidine rings is 3. The summed E-state index contributed by atoms with van der Waals surface area (Å²) >= 11 is 0. The first-order valence-corrected chi connectivity index (χ1v) is 14.5. The van der Waals surface area contributed by atoms with Crippen LogP contribution in [0.25, 0.3) is 0 Å². The summed E-state index contributed by atoms with van der Waals surface area (Å²) in [6, 6.07) is 24.5. The highest BCUT2D eigenvalue weighted by Crippen LogP contribution is 2.31. The average Bonchev–Trinajstić information content (AvgIpc) is 2.99. The number of hydrogen-bond acceptors (Lipinski definition) is 6. The number of para-hydroxylation sites is 1. The Hall–Kier alpha value is -4.37. The van der Waals surface area contributed by atoms with Crippen molar-refractivity contribution >= 4 is 23.7 Å². The van der Waals surface area contributed by atoms with Gasteiger partial charge >= 0.3 is 12.1 Å². The molecule has 0 spiro atoms. The molecule has 4 aliphatic rings. The fraction of sp³-hybridized carbons (Fsp3) is 0.364. The van der Waals surface area contributed by atoms with E-state index in [0.717, 1.165) is 49.3 Å². The smallest absolute Gasteiger partial charge is 0.414 e. The number of nitrogens with zero attached hydrogens (tertiary/aromatic N) is 3. The van der Waals surface area contributed by atoms with Crippen molar-refractivity contribution in [3.05, 3.63) is 95.6 Å². The largest absolute Gasteiger partial charge is 0.489 e. The molecule has 9 nitrogen and oxygen atoms in total. The molecule has 0 saturated carbocycles. The summed E-state index contributed by atoms with van der Waals surface area (Å²) in [5.41, 5.74) is 3.19. The highest BCUT2D eigenvalue weighted by molar-refractivity contribution is 5.95. The summed E-state index contributed by atoms with van der Waals surface area (Å²) < 4.78 is 12.0. The zero-order valence-electron chi connectivity index (χ0n) is 23.4. The molecule has 3 aromatic rings. The Bertz CT molecular complexity index is 1400. The van der Waals surface area contributed by atoms with Crippen LogP contribution in [0.4, 0.5) is 10.5 Å². The van der Waals surface area contributed by atoms with Crippen LogP contribution >= 0.6 is 0 Å². The van der Waals surface area contributed by atoms with Crippen molar-refractivity contribution in [1.29, 1.82) is 0 Å². The normalized spacial score (nSPS) is 21.3.